The van der Waals surface area contributed by atoms with Gasteiger partial charge in [-0.25, -0.2) is 0 Å². The molecule has 1 N–H and O–H groups in total. The summed E-state index contributed by atoms with van der Waals surface area (Å²) in [6.07, 6.45) is 4.02. The molecule has 5 aromatic rings. The molecule has 0 atom stereocenters. The molecule has 0 fully saturated rings. The SMILES string of the molecule is COc1ccc2oc(-c3ccc(NC(=O)/C=C/c4coc5ccccc5c4=O)cc3)cc(=O)c2c1. The van der Waals surface area contributed by atoms with Crippen molar-refractivity contribution >= 4 is 39.6 Å². The molecule has 2 heterocycles. The number of benzene rings is 3. The van der Waals surface area contributed by atoms with Gasteiger partial charge in [0, 0.05) is 23.4 Å². The number of ether oxygens (including phenoxy) is 1. The molecule has 5 rings (SSSR count). The van der Waals surface area contributed by atoms with Crippen LogP contribution in [-0.4, -0.2) is 13.0 Å². The molecule has 0 saturated carbocycles. The Morgan fingerprint density at radius 2 is 1.71 bits per heavy atom. The number of carbonyl (C=O) groups excluding carboxylic acids is 1. The molecule has 0 radical (unpaired) electrons. The van der Waals surface area contributed by atoms with E-state index in [4.69, 9.17) is 13.6 Å². The first-order chi connectivity index (χ1) is 17.0. The highest BCUT2D eigenvalue weighted by atomic mass is 16.5. The number of hydrogen-bond acceptors (Lipinski definition) is 6. The van der Waals surface area contributed by atoms with Crippen molar-refractivity contribution in [3.05, 3.63) is 111 Å². The summed E-state index contributed by atoms with van der Waals surface area (Å²) in [5, 5.41) is 3.62. The second-order valence-electron chi connectivity index (χ2n) is 7.75. The van der Waals surface area contributed by atoms with Crippen molar-refractivity contribution in [2.24, 2.45) is 0 Å². The predicted octanol–water partition coefficient (Wildman–Crippen LogP) is 5.23. The molecule has 3 aromatic carbocycles. The molecular formula is C28H19NO6. The summed E-state index contributed by atoms with van der Waals surface area (Å²) in [4.78, 5) is 37.4. The Labute approximate surface area is 198 Å². The smallest absolute Gasteiger partial charge is 0.248 e. The number of nitrogens with one attached hydrogen (secondary N) is 1. The van der Waals surface area contributed by atoms with Crippen molar-refractivity contribution in [3.8, 4) is 17.1 Å². The van der Waals surface area contributed by atoms with Gasteiger partial charge in [-0.3, -0.25) is 14.4 Å². The van der Waals surface area contributed by atoms with Crippen molar-refractivity contribution in [2.75, 3.05) is 12.4 Å². The zero-order valence-corrected chi connectivity index (χ0v) is 18.6. The zero-order chi connectivity index (χ0) is 24.4. The van der Waals surface area contributed by atoms with E-state index in [2.05, 4.69) is 5.32 Å². The molecule has 0 spiro atoms. The van der Waals surface area contributed by atoms with E-state index < -0.39 is 5.91 Å². The van der Waals surface area contributed by atoms with E-state index in [1.54, 1.807) is 66.7 Å². The highest BCUT2D eigenvalue weighted by Gasteiger charge is 2.09. The molecule has 0 saturated heterocycles. The molecule has 172 valence electrons. The van der Waals surface area contributed by atoms with E-state index >= 15 is 0 Å². The maximum atomic E-state index is 12.5. The van der Waals surface area contributed by atoms with Gasteiger partial charge in [-0.05, 0) is 60.7 Å². The lowest BCUT2D eigenvalue weighted by molar-refractivity contribution is -0.111. The summed E-state index contributed by atoms with van der Waals surface area (Å²) in [6.45, 7) is 0. The van der Waals surface area contributed by atoms with E-state index in [9.17, 15) is 14.4 Å². The number of hydrogen-bond donors (Lipinski definition) is 1. The van der Waals surface area contributed by atoms with Crippen LogP contribution in [0.25, 0.3) is 39.3 Å². The van der Waals surface area contributed by atoms with Crippen LogP contribution in [-0.2, 0) is 4.79 Å². The average Bonchev–Trinajstić information content (AvgIpc) is 2.88. The number of anilines is 1. The lowest BCUT2D eigenvalue weighted by atomic mass is 10.1. The first kappa shape index (κ1) is 21.9. The highest BCUT2D eigenvalue weighted by molar-refractivity contribution is 6.02. The van der Waals surface area contributed by atoms with Gasteiger partial charge in [0.25, 0.3) is 0 Å². The van der Waals surface area contributed by atoms with Gasteiger partial charge in [0.2, 0.25) is 5.91 Å². The van der Waals surface area contributed by atoms with E-state index in [-0.39, 0.29) is 16.4 Å². The Hall–Kier alpha value is -4.91. The Morgan fingerprint density at radius 1 is 0.914 bits per heavy atom. The second-order valence-corrected chi connectivity index (χ2v) is 7.75. The number of carbonyl (C=O) groups is 1. The maximum absolute atomic E-state index is 12.5. The van der Waals surface area contributed by atoms with Gasteiger partial charge in [-0.1, -0.05) is 12.1 Å². The third-order valence-electron chi connectivity index (χ3n) is 5.49. The normalized spacial score (nSPS) is 11.2. The maximum Gasteiger partial charge on any atom is 0.248 e. The van der Waals surface area contributed by atoms with Gasteiger partial charge >= 0.3 is 0 Å². The van der Waals surface area contributed by atoms with Crippen LogP contribution in [0.15, 0.2) is 104 Å². The molecule has 0 unspecified atom stereocenters. The van der Waals surface area contributed by atoms with Crippen molar-refractivity contribution in [1.82, 2.24) is 0 Å². The molecule has 2 aromatic heterocycles. The Bertz CT molecular complexity index is 1710. The number of amides is 1. The van der Waals surface area contributed by atoms with Crippen molar-refractivity contribution < 1.29 is 18.4 Å². The Balaban J connectivity index is 1.32. The first-order valence-corrected chi connectivity index (χ1v) is 10.7. The minimum Gasteiger partial charge on any atom is -0.497 e. The molecule has 0 aliphatic rings. The number of rotatable bonds is 5. The number of methoxy groups -OCH3 is 1. The van der Waals surface area contributed by atoms with Gasteiger partial charge in [-0.2, -0.15) is 0 Å². The third-order valence-corrected chi connectivity index (χ3v) is 5.49. The van der Waals surface area contributed by atoms with Crippen molar-refractivity contribution in [3.63, 3.8) is 0 Å². The fourth-order valence-corrected chi connectivity index (χ4v) is 3.68. The standard InChI is InChI=1S/C28H19NO6/c1-33-20-11-12-25-22(14-20)23(30)15-26(35-25)17-6-9-19(10-7-17)29-27(31)13-8-18-16-34-24-5-3-2-4-21(24)28(18)32/h2-16H,1H3,(H,29,31)/b13-8+. The number of para-hydroxylation sites is 1. The van der Waals surface area contributed by atoms with Gasteiger partial charge in [-0.15, -0.1) is 0 Å². The minimum absolute atomic E-state index is 0.180. The van der Waals surface area contributed by atoms with Gasteiger partial charge < -0.3 is 18.9 Å². The molecule has 7 nitrogen and oxygen atoms in total. The van der Waals surface area contributed by atoms with Gasteiger partial charge in [0.05, 0.1) is 23.4 Å². The fraction of sp³-hybridized carbons (Fsp3) is 0.0357. The highest BCUT2D eigenvalue weighted by Crippen LogP contribution is 2.25. The van der Waals surface area contributed by atoms with E-state index in [1.165, 1.54) is 31.6 Å². The van der Waals surface area contributed by atoms with Crippen LogP contribution in [0.2, 0.25) is 0 Å². The van der Waals surface area contributed by atoms with Crippen molar-refractivity contribution in [1.29, 1.82) is 0 Å². The van der Waals surface area contributed by atoms with E-state index in [0.717, 1.165) is 0 Å². The lowest BCUT2D eigenvalue weighted by Gasteiger charge is -2.06. The molecule has 1 amide bonds. The first-order valence-electron chi connectivity index (χ1n) is 10.7. The largest absolute Gasteiger partial charge is 0.497 e. The molecule has 7 heteroatoms. The summed E-state index contributed by atoms with van der Waals surface area (Å²) in [5.74, 6) is 0.582. The number of fused-ring (bicyclic) bond motifs is 2. The van der Waals surface area contributed by atoms with Crippen LogP contribution in [0.3, 0.4) is 0 Å². The molecular weight excluding hydrogens is 446 g/mol. The molecule has 35 heavy (non-hydrogen) atoms. The van der Waals surface area contributed by atoms with Gasteiger partial charge in [0.1, 0.15) is 28.9 Å². The van der Waals surface area contributed by atoms with Crippen LogP contribution < -0.4 is 20.9 Å². The summed E-state index contributed by atoms with van der Waals surface area (Å²) in [7, 11) is 1.54. The quantitative estimate of drug-likeness (QED) is 0.357. The van der Waals surface area contributed by atoms with E-state index in [1.807, 2.05) is 0 Å². The monoisotopic (exact) mass is 465 g/mol. The summed E-state index contributed by atoms with van der Waals surface area (Å²) >= 11 is 0. The fourth-order valence-electron chi connectivity index (χ4n) is 3.68. The minimum atomic E-state index is -0.406. The second kappa shape index (κ2) is 9.15. The van der Waals surface area contributed by atoms with Crippen LogP contribution in [0.1, 0.15) is 5.56 Å². The molecule has 0 aliphatic carbocycles. The molecule has 0 bridgehead atoms. The predicted molar refractivity (Wildman–Crippen MR) is 135 cm³/mol. The average molecular weight is 465 g/mol. The van der Waals surface area contributed by atoms with Crippen molar-refractivity contribution in [2.45, 2.75) is 0 Å². The van der Waals surface area contributed by atoms with Crippen LogP contribution >= 0.6 is 0 Å². The summed E-state index contributed by atoms with van der Waals surface area (Å²) < 4.78 is 16.5. The molecule has 0 aliphatic heterocycles. The summed E-state index contributed by atoms with van der Waals surface area (Å²) in [5.41, 5.74) is 2.05. The topological polar surface area (TPSA) is 98.8 Å². The van der Waals surface area contributed by atoms with Gasteiger partial charge in [0.15, 0.2) is 10.9 Å². The Kier molecular flexibility index (Phi) is 5.73. The lowest BCUT2D eigenvalue weighted by Crippen LogP contribution is -2.09. The Morgan fingerprint density at radius 3 is 2.51 bits per heavy atom. The van der Waals surface area contributed by atoms with Crippen LogP contribution in [0.5, 0.6) is 5.75 Å². The zero-order valence-electron chi connectivity index (χ0n) is 18.6. The third kappa shape index (κ3) is 4.47. The van der Waals surface area contributed by atoms with E-state index in [0.29, 0.717) is 44.7 Å². The van der Waals surface area contributed by atoms with Crippen LogP contribution in [0, 0.1) is 0 Å². The summed E-state index contributed by atoms with van der Waals surface area (Å²) in [6, 6.07) is 20.3. The van der Waals surface area contributed by atoms with Crippen LogP contribution in [0.4, 0.5) is 5.69 Å².